The number of fused-ring (bicyclic) bond motifs is 1. The predicted octanol–water partition coefficient (Wildman–Crippen LogP) is 6.30. The molecule has 2 fully saturated rings. The van der Waals surface area contributed by atoms with Crippen LogP contribution in [0.3, 0.4) is 0 Å². The van der Waals surface area contributed by atoms with E-state index in [1.54, 1.807) is 109 Å². The molecule has 20 nitrogen and oxygen atoms in total. The molecule has 2 aliphatic rings. The summed E-state index contributed by atoms with van der Waals surface area (Å²) in [5.74, 6) is -5.22. The van der Waals surface area contributed by atoms with Gasteiger partial charge >= 0.3 is 35.8 Å². The molecule has 0 amide bonds. The molecule has 0 radical (unpaired) electrons. The van der Waals surface area contributed by atoms with Gasteiger partial charge in [-0.25, -0.2) is 38.4 Å². The molecule has 1 N–H and O–H groups in total. The topological polar surface area (TPSA) is 249 Å². The summed E-state index contributed by atoms with van der Waals surface area (Å²) in [6.07, 6.45) is -11.9. The smallest absolute Gasteiger partial charge is 0.338 e. The second kappa shape index (κ2) is 22.8. The van der Waals surface area contributed by atoms with Gasteiger partial charge in [0.1, 0.15) is 30.9 Å². The number of carbonyl (C=O) groups is 6. The Balaban J connectivity index is 1.07. The fourth-order valence-corrected chi connectivity index (χ4v) is 8.78. The molecule has 388 valence electrons. The molecule has 10 rings (SSSR count). The molecule has 0 unspecified atom stereocenters. The molecular formula is C57H44N4O16. The van der Waals surface area contributed by atoms with Crippen LogP contribution in [0.15, 0.2) is 198 Å². The second-order valence-electron chi connectivity index (χ2n) is 17.5. The second-order valence-corrected chi connectivity index (χ2v) is 17.5. The third kappa shape index (κ3) is 11.0. The number of nitrogens with zero attached hydrogens (tertiary/aromatic N) is 3. The zero-order valence-electron chi connectivity index (χ0n) is 40.3. The molecule has 2 saturated heterocycles. The number of H-pyrrole nitrogens is 1. The van der Waals surface area contributed by atoms with Crippen LogP contribution >= 0.6 is 0 Å². The molecule has 0 spiro atoms. The van der Waals surface area contributed by atoms with Gasteiger partial charge in [0.2, 0.25) is 0 Å². The molecule has 2 aromatic heterocycles. The van der Waals surface area contributed by atoms with Gasteiger partial charge in [-0.1, -0.05) is 109 Å². The summed E-state index contributed by atoms with van der Waals surface area (Å²) in [4.78, 5) is 116. The van der Waals surface area contributed by atoms with Gasteiger partial charge in [0.05, 0.1) is 39.7 Å². The Bertz CT molecular complexity index is 3540. The minimum atomic E-state index is -1.84. The van der Waals surface area contributed by atoms with Crippen LogP contribution in [0.1, 0.15) is 74.6 Å². The van der Waals surface area contributed by atoms with Gasteiger partial charge in [0.25, 0.3) is 11.1 Å². The van der Waals surface area contributed by atoms with E-state index in [0.717, 1.165) is 10.9 Å². The molecular weight excluding hydrogens is 997 g/mol. The minimum absolute atomic E-state index is 0.0497. The summed E-state index contributed by atoms with van der Waals surface area (Å²) < 4.78 is 50.4. The first-order valence-corrected chi connectivity index (χ1v) is 24.0. The number of aromatic nitrogens is 4. The lowest BCUT2D eigenvalue weighted by atomic mass is 10.1. The Hall–Kier alpha value is -9.79. The van der Waals surface area contributed by atoms with Crippen molar-refractivity contribution >= 4 is 46.8 Å². The average Bonchev–Trinajstić information content (AvgIpc) is 4.27. The van der Waals surface area contributed by atoms with E-state index in [4.69, 9.17) is 37.9 Å². The number of hydrogen-bond acceptors (Lipinski definition) is 17. The number of ether oxygens (including phenoxy) is 8. The Morgan fingerprint density at radius 2 is 0.740 bits per heavy atom. The highest BCUT2D eigenvalue weighted by Gasteiger charge is 2.54. The first-order valence-electron chi connectivity index (χ1n) is 24.0. The van der Waals surface area contributed by atoms with Crippen LogP contribution in [0.4, 0.5) is 0 Å². The Labute approximate surface area is 436 Å². The summed E-state index contributed by atoms with van der Waals surface area (Å²) in [6, 6.07) is 47.2. The number of rotatable bonds is 16. The predicted molar refractivity (Wildman–Crippen MR) is 268 cm³/mol. The standard InChI is InChI=1S/C57H44N4O16/c62-48-42-43(60(33-58-42)50-46(76-56(68)38-27-15-5-16-28-38)44(74-54(66)36-23-11-3-12-24-36)40(72-50)31-70-52(64)34-19-7-1-8-20-34)49(63)61(59-48)51-47(77-57(69)39-29-17-6-18-30-39)45(75-55(67)37-25-13-4-14-26-37)41(73-51)32-71-53(65)35-21-9-2-10-22-35/h1-30,33,40-41,44-47,50-51H,31-32H2,(H,59,62)/t40-,41-,44-,45-,46-,47-,50-,51-/m1/s1. The van der Waals surface area contributed by atoms with E-state index in [1.165, 1.54) is 72.8 Å². The highest BCUT2D eigenvalue weighted by Crippen LogP contribution is 2.38. The van der Waals surface area contributed by atoms with Crippen molar-refractivity contribution in [2.75, 3.05) is 13.2 Å². The van der Waals surface area contributed by atoms with E-state index in [2.05, 4.69) is 10.1 Å². The third-order valence-corrected chi connectivity index (χ3v) is 12.5. The molecule has 77 heavy (non-hydrogen) atoms. The SMILES string of the molecule is O=C(OC[C@H]1O[C@@H](n2[nH]c(=O)c3ncn([C@@H]4O[C@H](COC(=O)c5ccccc5)[C@@H](OC(=O)c5ccccc5)[C@H]4OC(=O)c4ccccc4)c3c2=O)[C@H](OC(=O)c2ccccc2)[C@@H]1OC(=O)c1ccccc1)c1ccccc1. The van der Waals surface area contributed by atoms with Crippen LogP contribution in [0, 0.1) is 0 Å². The minimum Gasteiger partial charge on any atom is -0.459 e. The largest absolute Gasteiger partial charge is 0.459 e. The van der Waals surface area contributed by atoms with Gasteiger partial charge < -0.3 is 37.9 Å². The molecule has 8 aromatic rings. The number of hydrogen-bond donors (Lipinski definition) is 1. The fraction of sp³-hybridized carbons (Fsp3) is 0.175. The molecule has 0 bridgehead atoms. The van der Waals surface area contributed by atoms with Crippen molar-refractivity contribution < 1.29 is 66.7 Å². The summed E-state index contributed by atoms with van der Waals surface area (Å²) in [5.41, 5.74) is -2.37. The summed E-state index contributed by atoms with van der Waals surface area (Å²) in [7, 11) is 0. The maximum atomic E-state index is 15.4. The summed E-state index contributed by atoms with van der Waals surface area (Å²) >= 11 is 0. The lowest BCUT2D eigenvalue weighted by molar-refractivity contribution is -0.0698. The first-order chi connectivity index (χ1) is 37.5. The first kappa shape index (κ1) is 50.7. The van der Waals surface area contributed by atoms with E-state index >= 15 is 4.79 Å². The lowest BCUT2D eigenvalue weighted by Crippen LogP contribution is -2.44. The highest BCUT2D eigenvalue weighted by atomic mass is 16.7. The van der Waals surface area contributed by atoms with Crippen molar-refractivity contribution in [1.82, 2.24) is 19.3 Å². The van der Waals surface area contributed by atoms with Crippen molar-refractivity contribution in [2.24, 2.45) is 0 Å². The average molecular weight is 1040 g/mol. The van der Waals surface area contributed by atoms with Crippen molar-refractivity contribution in [3.8, 4) is 0 Å². The van der Waals surface area contributed by atoms with Crippen LogP contribution in [0.5, 0.6) is 0 Å². The van der Waals surface area contributed by atoms with Crippen molar-refractivity contribution in [2.45, 2.75) is 49.1 Å². The van der Waals surface area contributed by atoms with Crippen molar-refractivity contribution in [3.63, 3.8) is 0 Å². The van der Waals surface area contributed by atoms with Gasteiger partial charge in [0.15, 0.2) is 42.4 Å². The fourth-order valence-electron chi connectivity index (χ4n) is 8.78. The molecule has 2 aliphatic heterocycles. The Morgan fingerprint density at radius 1 is 0.429 bits per heavy atom. The van der Waals surface area contributed by atoms with Gasteiger partial charge in [-0.15, -0.1) is 0 Å². The van der Waals surface area contributed by atoms with E-state index < -0.39 is 120 Å². The van der Waals surface area contributed by atoms with Crippen LogP contribution < -0.4 is 11.1 Å². The third-order valence-electron chi connectivity index (χ3n) is 12.5. The van der Waals surface area contributed by atoms with E-state index in [-0.39, 0.29) is 33.4 Å². The van der Waals surface area contributed by atoms with Crippen molar-refractivity contribution in [1.29, 1.82) is 0 Å². The number of nitrogens with one attached hydrogen (secondary N) is 1. The number of carbonyl (C=O) groups excluding carboxylic acids is 6. The van der Waals surface area contributed by atoms with Gasteiger partial charge in [-0.2, -0.15) is 0 Å². The molecule has 4 heterocycles. The molecule has 6 aromatic carbocycles. The van der Waals surface area contributed by atoms with Crippen LogP contribution in [-0.2, 0) is 37.9 Å². The maximum Gasteiger partial charge on any atom is 0.338 e. The molecule has 0 aliphatic carbocycles. The van der Waals surface area contributed by atoms with Crippen LogP contribution in [0.25, 0.3) is 11.0 Å². The number of esters is 6. The zero-order chi connectivity index (χ0) is 53.4. The van der Waals surface area contributed by atoms with Gasteiger partial charge in [0, 0.05) is 0 Å². The highest BCUT2D eigenvalue weighted by molar-refractivity contribution is 5.92. The van der Waals surface area contributed by atoms with Gasteiger partial charge in [-0.3, -0.25) is 19.3 Å². The van der Waals surface area contributed by atoms with E-state index in [1.807, 2.05) is 0 Å². The monoisotopic (exact) mass is 1040 g/mol. The maximum absolute atomic E-state index is 15.4. The number of imidazole rings is 1. The van der Waals surface area contributed by atoms with E-state index in [9.17, 15) is 33.6 Å². The Morgan fingerprint density at radius 3 is 1.10 bits per heavy atom. The number of aromatic amines is 1. The normalized spacial score (nSPS) is 20.6. The van der Waals surface area contributed by atoms with E-state index in [0.29, 0.717) is 4.68 Å². The summed E-state index contributed by atoms with van der Waals surface area (Å²) in [6.45, 7) is -1.21. The Kier molecular flexibility index (Phi) is 15.0. The van der Waals surface area contributed by atoms with Crippen LogP contribution in [0.2, 0.25) is 0 Å². The molecule has 20 heteroatoms. The molecule has 8 atom stereocenters. The van der Waals surface area contributed by atoms with Crippen LogP contribution in [-0.4, -0.2) is 105 Å². The van der Waals surface area contributed by atoms with Gasteiger partial charge in [-0.05, 0) is 72.8 Å². The molecule has 0 saturated carbocycles. The summed E-state index contributed by atoms with van der Waals surface area (Å²) in [5, 5.41) is 2.45. The van der Waals surface area contributed by atoms with Crippen molar-refractivity contribution in [3.05, 3.63) is 242 Å². The quantitative estimate of drug-likeness (QED) is 0.0824. The number of benzene rings is 6. The lowest BCUT2D eigenvalue weighted by Gasteiger charge is -2.25. The zero-order valence-corrected chi connectivity index (χ0v) is 40.3.